The van der Waals surface area contributed by atoms with Gasteiger partial charge in [0.15, 0.2) is 0 Å². The zero-order valence-corrected chi connectivity index (χ0v) is 13.9. The second-order valence-electron chi connectivity index (χ2n) is 6.48. The third kappa shape index (κ3) is 4.30. The number of fused-ring (bicyclic) bond motifs is 1. The van der Waals surface area contributed by atoms with E-state index in [0.717, 1.165) is 49.6 Å². The topological polar surface area (TPSA) is 64.3 Å². The van der Waals surface area contributed by atoms with Crippen molar-refractivity contribution in [2.75, 3.05) is 32.7 Å². The first-order valence-corrected chi connectivity index (χ1v) is 8.28. The second-order valence-corrected chi connectivity index (χ2v) is 6.48. The largest absolute Gasteiger partial charge is 0.353 e. The maximum absolute atomic E-state index is 11.8. The smallest absolute Gasteiger partial charge is 0.234 e. The summed E-state index contributed by atoms with van der Waals surface area (Å²) in [6.45, 7) is 9.08. The quantitative estimate of drug-likeness (QED) is 0.870. The molecule has 1 aliphatic heterocycles. The standard InChI is InChI=1S/C17H25N5O/c1-13(2)18-17(23)12-22-9-7-21(8-10-22)11-16-19-14-5-3-4-6-15(14)20-16/h3-6,13H,7-12H2,1-2H3,(H,18,23)(H,19,20). The summed E-state index contributed by atoms with van der Waals surface area (Å²) >= 11 is 0. The van der Waals surface area contributed by atoms with Crippen molar-refractivity contribution in [3.05, 3.63) is 30.1 Å². The van der Waals surface area contributed by atoms with E-state index in [1.165, 1.54) is 0 Å². The fraction of sp³-hybridized carbons (Fsp3) is 0.529. The summed E-state index contributed by atoms with van der Waals surface area (Å²) in [6.07, 6.45) is 0. The van der Waals surface area contributed by atoms with Crippen LogP contribution < -0.4 is 5.32 Å². The minimum Gasteiger partial charge on any atom is -0.353 e. The molecule has 2 aromatic rings. The Kier molecular flexibility index (Phi) is 4.93. The molecule has 1 fully saturated rings. The van der Waals surface area contributed by atoms with E-state index in [4.69, 9.17) is 0 Å². The number of piperazine rings is 1. The highest BCUT2D eigenvalue weighted by molar-refractivity contribution is 5.78. The van der Waals surface area contributed by atoms with Gasteiger partial charge in [-0.2, -0.15) is 0 Å². The summed E-state index contributed by atoms with van der Waals surface area (Å²) in [5.74, 6) is 1.13. The van der Waals surface area contributed by atoms with Gasteiger partial charge in [0, 0.05) is 32.2 Å². The van der Waals surface area contributed by atoms with E-state index in [0.29, 0.717) is 6.54 Å². The third-order valence-electron chi connectivity index (χ3n) is 4.09. The van der Waals surface area contributed by atoms with E-state index in [-0.39, 0.29) is 11.9 Å². The number of benzene rings is 1. The molecule has 1 amide bonds. The first-order chi connectivity index (χ1) is 11.1. The molecule has 2 heterocycles. The van der Waals surface area contributed by atoms with Crippen molar-refractivity contribution in [3.63, 3.8) is 0 Å². The van der Waals surface area contributed by atoms with Gasteiger partial charge in [-0.3, -0.25) is 14.6 Å². The highest BCUT2D eigenvalue weighted by atomic mass is 16.2. The van der Waals surface area contributed by atoms with Crippen LogP contribution in [0.25, 0.3) is 11.0 Å². The molecule has 23 heavy (non-hydrogen) atoms. The first-order valence-electron chi connectivity index (χ1n) is 8.28. The number of carbonyl (C=O) groups is 1. The van der Waals surface area contributed by atoms with Crippen LogP contribution in [0.3, 0.4) is 0 Å². The van der Waals surface area contributed by atoms with Gasteiger partial charge in [-0.05, 0) is 26.0 Å². The summed E-state index contributed by atoms with van der Waals surface area (Å²) < 4.78 is 0. The first kappa shape index (κ1) is 16.0. The Labute approximate surface area is 136 Å². The van der Waals surface area contributed by atoms with Crippen molar-refractivity contribution >= 4 is 16.9 Å². The minimum absolute atomic E-state index is 0.116. The van der Waals surface area contributed by atoms with E-state index in [9.17, 15) is 4.79 Å². The number of para-hydroxylation sites is 2. The van der Waals surface area contributed by atoms with Crippen LogP contribution in [0.15, 0.2) is 24.3 Å². The van der Waals surface area contributed by atoms with E-state index >= 15 is 0 Å². The predicted octanol–water partition coefficient (Wildman–Crippen LogP) is 1.21. The molecule has 6 heteroatoms. The number of aromatic amines is 1. The van der Waals surface area contributed by atoms with Gasteiger partial charge in [0.1, 0.15) is 5.82 Å². The Morgan fingerprint density at radius 2 is 1.91 bits per heavy atom. The minimum atomic E-state index is 0.116. The molecular formula is C17H25N5O. The van der Waals surface area contributed by atoms with Gasteiger partial charge < -0.3 is 10.3 Å². The fourth-order valence-corrected chi connectivity index (χ4v) is 2.97. The van der Waals surface area contributed by atoms with Gasteiger partial charge in [0.25, 0.3) is 0 Å². The van der Waals surface area contributed by atoms with Gasteiger partial charge in [-0.15, -0.1) is 0 Å². The van der Waals surface area contributed by atoms with Crippen LogP contribution in [0.5, 0.6) is 0 Å². The Balaban J connectivity index is 1.48. The van der Waals surface area contributed by atoms with Crippen LogP contribution in [0, 0.1) is 0 Å². The number of hydrogen-bond acceptors (Lipinski definition) is 4. The molecule has 0 radical (unpaired) electrons. The Hall–Kier alpha value is -1.92. The van der Waals surface area contributed by atoms with Crippen molar-refractivity contribution in [1.29, 1.82) is 0 Å². The van der Waals surface area contributed by atoms with Gasteiger partial charge in [-0.1, -0.05) is 12.1 Å². The lowest BCUT2D eigenvalue weighted by molar-refractivity contribution is -0.123. The lowest BCUT2D eigenvalue weighted by atomic mass is 10.3. The van der Waals surface area contributed by atoms with Crippen LogP contribution in [0.1, 0.15) is 19.7 Å². The summed E-state index contributed by atoms with van der Waals surface area (Å²) in [6, 6.07) is 8.31. The monoisotopic (exact) mass is 315 g/mol. The number of carbonyl (C=O) groups excluding carboxylic acids is 1. The molecule has 0 bridgehead atoms. The van der Waals surface area contributed by atoms with Crippen molar-refractivity contribution in [2.24, 2.45) is 0 Å². The van der Waals surface area contributed by atoms with Gasteiger partial charge in [0.05, 0.1) is 24.1 Å². The third-order valence-corrected chi connectivity index (χ3v) is 4.09. The number of amides is 1. The number of imidazole rings is 1. The van der Waals surface area contributed by atoms with Crippen LogP contribution >= 0.6 is 0 Å². The Morgan fingerprint density at radius 3 is 2.61 bits per heavy atom. The normalized spacial score (nSPS) is 17.0. The molecule has 1 aliphatic rings. The predicted molar refractivity (Wildman–Crippen MR) is 91.1 cm³/mol. The molecule has 6 nitrogen and oxygen atoms in total. The molecule has 1 aromatic heterocycles. The number of hydrogen-bond donors (Lipinski definition) is 2. The van der Waals surface area contributed by atoms with Crippen molar-refractivity contribution < 1.29 is 4.79 Å². The van der Waals surface area contributed by atoms with E-state index in [1.807, 2.05) is 32.0 Å². The highest BCUT2D eigenvalue weighted by Crippen LogP contribution is 2.12. The molecule has 0 aliphatic carbocycles. The number of rotatable bonds is 5. The second kappa shape index (κ2) is 7.10. The lowest BCUT2D eigenvalue weighted by Crippen LogP contribution is -2.49. The number of nitrogens with one attached hydrogen (secondary N) is 2. The average molecular weight is 315 g/mol. The van der Waals surface area contributed by atoms with Gasteiger partial charge in [-0.25, -0.2) is 4.98 Å². The number of nitrogens with zero attached hydrogens (tertiary/aromatic N) is 3. The Bertz CT molecular complexity index is 625. The molecular weight excluding hydrogens is 290 g/mol. The molecule has 0 saturated carbocycles. The zero-order chi connectivity index (χ0) is 16.2. The maximum Gasteiger partial charge on any atom is 0.234 e. The molecule has 124 valence electrons. The van der Waals surface area contributed by atoms with Crippen LogP contribution in [0.2, 0.25) is 0 Å². The fourth-order valence-electron chi connectivity index (χ4n) is 2.97. The number of aromatic nitrogens is 2. The molecule has 0 unspecified atom stereocenters. The van der Waals surface area contributed by atoms with E-state index in [2.05, 4.69) is 31.2 Å². The van der Waals surface area contributed by atoms with Crippen molar-refractivity contribution in [2.45, 2.75) is 26.4 Å². The molecule has 0 spiro atoms. The summed E-state index contributed by atoms with van der Waals surface area (Å²) in [5.41, 5.74) is 2.11. The number of H-pyrrole nitrogens is 1. The summed E-state index contributed by atoms with van der Waals surface area (Å²) in [5, 5.41) is 2.95. The molecule has 2 N–H and O–H groups in total. The van der Waals surface area contributed by atoms with Crippen LogP contribution in [-0.4, -0.2) is 64.4 Å². The Morgan fingerprint density at radius 1 is 1.22 bits per heavy atom. The SMILES string of the molecule is CC(C)NC(=O)CN1CCN(Cc2nc3ccccc3[nH]2)CC1. The molecule has 1 aromatic carbocycles. The van der Waals surface area contributed by atoms with Crippen LogP contribution in [0.4, 0.5) is 0 Å². The highest BCUT2D eigenvalue weighted by Gasteiger charge is 2.20. The maximum atomic E-state index is 11.8. The summed E-state index contributed by atoms with van der Waals surface area (Å²) in [7, 11) is 0. The molecule has 1 saturated heterocycles. The summed E-state index contributed by atoms with van der Waals surface area (Å²) in [4.78, 5) is 24.4. The van der Waals surface area contributed by atoms with Crippen molar-refractivity contribution in [3.8, 4) is 0 Å². The van der Waals surface area contributed by atoms with Gasteiger partial charge >= 0.3 is 0 Å². The average Bonchev–Trinajstić information content (AvgIpc) is 2.90. The van der Waals surface area contributed by atoms with E-state index < -0.39 is 0 Å². The van der Waals surface area contributed by atoms with Crippen LogP contribution in [-0.2, 0) is 11.3 Å². The zero-order valence-electron chi connectivity index (χ0n) is 13.9. The van der Waals surface area contributed by atoms with Gasteiger partial charge in [0.2, 0.25) is 5.91 Å². The van der Waals surface area contributed by atoms with E-state index in [1.54, 1.807) is 0 Å². The lowest BCUT2D eigenvalue weighted by Gasteiger charge is -2.33. The van der Waals surface area contributed by atoms with Crippen molar-refractivity contribution in [1.82, 2.24) is 25.1 Å². The molecule has 0 atom stereocenters. The molecule has 3 rings (SSSR count).